The number of benzene rings is 2. The fraction of sp³-hybridized carbons (Fsp3) is 0.200. The molecule has 0 aliphatic heterocycles. The molecule has 4 nitrogen and oxygen atoms in total. The van der Waals surface area contributed by atoms with E-state index in [0.717, 1.165) is 46.5 Å². The summed E-state index contributed by atoms with van der Waals surface area (Å²) in [6, 6.07) is 14.2. The predicted octanol–water partition coefficient (Wildman–Crippen LogP) is 4.16. The molecular weight excluding hydrogens is 298 g/mol. The summed E-state index contributed by atoms with van der Waals surface area (Å²) < 4.78 is 0. The highest BCUT2D eigenvalue weighted by atomic mass is 16.4. The Morgan fingerprint density at radius 3 is 2.46 bits per heavy atom. The lowest BCUT2D eigenvalue weighted by Gasteiger charge is -2.07. The number of fused-ring (bicyclic) bond motifs is 4. The van der Waals surface area contributed by atoms with Crippen LogP contribution >= 0.6 is 0 Å². The number of rotatable bonds is 1. The first-order valence-electron chi connectivity index (χ1n) is 8.40. The normalized spacial score (nSPS) is 16.8. The summed E-state index contributed by atoms with van der Waals surface area (Å²) in [5, 5.41) is 13.1. The molecular formula is C20H17N3O. The topological polar surface area (TPSA) is 61.3 Å². The van der Waals surface area contributed by atoms with Crippen LogP contribution < -0.4 is 0 Å². The number of oxime groups is 1. The van der Waals surface area contributed by atoms with Crippen molar-refractivity contribution in [3.05, 3.63) is 65.0 Å². The van der Waals surface area contributed by atoms with Gasteiger partial charge in [0.05, 0.1) is 5.69 Å². The van der Waals surface area contributed by atoms with Crippen molar-refractivity contribution in [2.45, 2.75) is 25.7 Å². The summed E-state index contributed by atoms with van der Waals surface area (Å²) in [6.07, 6.45) is 4.58. The lowest BCUT2D eigenvalue weighted by molar-refractivity contribution is 0.320. The second-order valence-corrected chi connectivity index (χ2v) is 6.44. The summed E-state index contributed by atoms with van der Waals surface area (Å²) in [6.45, 7) is 0. The van der Waals surface area contributed by atoms with Crippen LogP contribution in [0.1, 0.15) is 35.4 Å². The van der Waals surface area contributed by atoms with Crippen LogP contribution in [0, 0.1) is 0 Å². The molecule has 118 valence electrons. The van der Waals surface area contributed by atoms with Gasteiger partial charge in [-0.15, -0.1) is 0 Å². The highest BCUT2D eigenvalue weighted by Crippen LogP contribution is 2.42. The number of aryl methyl sites for hydroxylation is 2. The molecule has 2 aromatic carbocycles. The lowest BCUT2D eigenvalue weighted by atomic mass is 9.99. The van der Waals surface area contributed by atoms with E-state index < -0.39 is 0 Å². The number of hydrogen-bond donors (Lipinski definition) is 2. The van der Waals surface area contributed by atoms with Crippen LogP contribution in [0.25, 0.3) is 22.5 Å². The molecule has 1 heterocycles. The van der Waals surface area contributed by atoms with Gasteiger partial charge in [-0.3, -0.25) is 0 Å². The molecule has 1 aromatic heterocycles. The first-order chi connectivity index (χ1) is 11.9. The molecule has 3 aromatic rings. The van der Waals surface area contributed by atoms with Crippen LogP contribution in [0.5, 0.6) is 0 Å². The largest absolute Gasteiger partial charge is 0.410 e. The standard InChI is InChI=1S/C20H17N3O/c24-23-19-13-7-2-1-6-12(13)18-14(19)8-5-9-15(18)20-21-16-10-3-4-11-17(16)22-20/h1-2,5-9,24H,3-4,10-11H2,(H,21,22). The Morgan fingerprint density at radius 1 is 0.875 bits per heavy atom. The summed E-state index contributed by atoms with van der Waals surface area (Å²) in [5.41, 5.74) is 8.33. The molecule has 5 rings (SSSR count). The van der Waals surface area contributed by atoms with Crippen molar-refractivity contribution in [2.75, 3.05) is 0 Å². The number of hydrogen-bond acceptors (Lipinski definition) is 3. The maximum absolute atomic E-state index is 9.52. The van der Waals surface area contributed by atoms with E-state index in [1.165, 1.54) is 24.2 Å². The van der Waals surface area contributed by atoms with Gasteiger partial charge in [-0.25, -0.2) is 4.98 Å². The number of aromatic nitrogens is 2. The monoisotopic (exact) mass is 315 g/mol. The Balaban J connectivity index is 1.77. The van der Waals surface area contributed by atoms with Crippen molar-refractivity contribution in [2.24, 2.45) is 5.16 Å². The summed E-state index contributed by atoms with van der Waals surface area (Å²) >= 11 is 0. The molecule has 0 fully saturated rings. The molecule has 0 radical (unpaired) electrons. The van der Waals surface area contributed by atoms with E-state index in [1.807, 2.05) is 30.3 Å². The van der Waals surface area contributed by atoms with E-state index >= 15 is 0 Å². The number of imidazole rings is 1. The Morgan fingerprint density at radius 2 is 1.62 bits per heavy atom. The Bertz CT molecular complexity index is 961. The lowest BCUT2D eigenvalue weighted by Crippen LogP contribution is -2.00. The number of nitrogens with zero attached hydrogens (tertiary/aromatic N) is 2. The highest BCUT2D eigenvalue weighted by Gasteiger charge is 2.29. The van der Waals surface area contributed by atoms with Gasteiger partial charge in [0.15, 0.2) is 0 Å². The zero-order valence-corrected chi connectivity index (χ0v) is 13.2. The van der Waals surface area contributed by atoms with E-state index in [0.29, 0.717) is 5.71 Å². The Hall–Kier alpha value is -2.88. The predicted molar refractivity (Wildman–Crippen MR) is 93.5 cm³/mol. The van der Waals surface area contributed by atoms with Gasteiger partial charge in [-0.2, -0.15) is 0 Å². The van der Waals surface area contributed by atoms with E-state index in [-0.39, 0.29) is 0 Å². The SMILES string of the molecule is ON=C1c2ccccc2-c2c1cccc2-c1nc2c([nH]1)CCCC2. The van der Waals surface area contributed by atoms with E-state index in [2.05, 4.69) is 22.3 Å². The van der Waals surface area contributed by atoms with Crippen LogP contribution in [0.2, 0.25) is 0 Å². The fourth-order valence-electron chi connectivity index (χ4n) is 3.98. The van der Waals surface area contributed by atoms with Gasteiger partial charge in [-0.1, -0.05) is 47.6 Å². The highest BCUT2D eigenvalue weighted by molar-refractivity contribution is 6.25. The van der Waals surface area contributed by atoms with Crippen molar-refractivity contribution in [1.82, 2.24) is 9.97 Å². The second-order valence-electron chi connectivity index (χ2n) is 6.44. The maximum atomic E-state index is 9.52. The van der Waals surface area contributed by atoms with E-state index in [9.17, 15) is 5.21 Å². The molecule has 0 amide bonds. The molecule has 0 saturated heterocycles. The molecule has 0 spiro atoms. The van der Waals surface area contributed by atoms with Crippen LogP contribution in [-0.4, -0.2) is 20.9 Å². The molecule has 2 N–H and O–H groups in total. The molecule has 4 heteroatoms. The van der Waals surface area contributed by atoms with Crippen LogP contribution in [0.4, 0.5) is 0 Å². The van der Waals surface area contributed by atoms with Crippen molar-refractivity contribution in [3.8, 4) is 22.5 Å². The average molecular weight is 315 g/mol. The van der Waals surface area contributed by atoms with Crippen molar-refractivity contribution < 1.29 is 5.21 Å². The fourth-order valence-corrected chi connectivity index (χ4v) is 3.98. The van der Waals surface area contributed by atoms with Crippen LogP contribution in [0.3, 0.4) is 0 Å². The van der Waals surface area contributed by atoms with Gasteiger partial charge in [0.2, 0.25) is 0 Å². The van der Waals surface area contributed by atoms with Gasteiger partial charge < -0.3 is 10.2 Å². The molecule has 2 aliphatic rings. The van der Waals surface area contributed by atoms with Crippen molar-refractivity contribution in [3.63, 3.8) is 0 Å². The molecule has 2 aliphatic carbocycles. The Kier molecular flexibility index (Phi) is 2.86. The van der Waals surface area contributed by atoms with Gasteiger partial charge in [-0.05, 0) is 31.2 Å². The quantitative estimate of drug-likeness (QED) is 0.409. The van der Waals surface area contributed by atoms with Gasteiger partial charge in [0.25, 0.3) is 0 Å². The van der Waals surface area contributed by atoms with Gasteiger partial charge in [0, 0.05) is 27.9 Å². The smallest absolute Gasteiger partial charge is 0.138 e. The maximum Gasteiger partial charge on any atom is 0.138 e. The second kappa shape index (κ2) is 5.06. The van der Waals surface area contributed by atoms with Gasteiger partial charge in [0.1, 0.15) is 11.5 Å². The minimum absolute atomic E-state index is 0.638. The molecule has 0 saturated carbocycles. The number of nitrogens with one attached hydrogen (secondary N) is 1. The number of H-pyrrole nitrogens is 1. The minimum Gasteiger partial charge on any atom is -0.410 e. The third-order valence-electron chi connectivity index (χ3n) is 5.08. The zero-order valence-electron chi connectivity index (χ0n) is 13.2. The third-order valence-corrected chi connectivity index (χ3v) is 5.08. The Labute approximate surface area is 139 Å². The zero-order chi connectivity index (χ0) is 16.1. The van der Waals surface area contributed by atoms with Gasteiger partial charge >= 0.3 is 0 Å². The van der Waals surface area contributed by atoms with E-state index in [4.69, 9.17) is 4.98 Å². The third kappa shape index (κ3) is 1.80. The first kappa shape index (κ1) is 13.5. The summed E-state index contributed by atoms with van der Waals surface area (Å²) in [5.74, 6) is 0.924. The van der Waals surface area contributed by atoms with Crippen LogP contribution in [-0.2, 0) is 12.8 Å². The van der Waals surface area contributed by atoms with E-state index in [1.54, 1.807) is 0 Å². The first-order valence-corrected chi connectivity index (χ1v) is 8.40. The molecule has 0 bridgehead atoms. The summed E-state index contributed by atoms with van der Waals surface area (Å²) in [7, 11) is 0. The number of aromatic amines is 1. The van der Waals surface area contributed by atoms with Crippen molar-refractivity contribution in [1.29, 1.82) is 0 Å². The average Bonchev–Trinajstić information content (AvgIpc) is 3.20. The molecule has 0 unspecified atom stereocenters. The van der Waals surface area contributed by atoms with Crippen LogP contribution in [0.15, 0.2) is 47.6 Å². The molecule has 24 heavy (non-hydrogen) atoms. The minimum atomic E-state index is 0.638. The van der Waals surface area contributed by atoms with Crippen molar-refractivity contribution >= 4 is 5.71 Å². The summed E-state index contributed by atoms with van der Waals surface area (Å²) in [4.78, 5) is 8.39. The molecule has 0 atom stereocenters.